The lowest BCUT2D eigenvalue weighted by molar-refractivity contribution is 0.0891. The molecule has 0 spiro atoms. The van der Waals surface area contributed by atoms with Crippen molar-refractivity contribution in [3.8, 4) is 0 Å². The van der Waals surface area contributed by atoms with Gasteiger partial charge in [0.25, 0.3) is 0 Å². The molecular formula is C13H12N2O2S. The van der Waals surface area contributed by atoms with Gasteiger partial charge in [-0.3, -0.25) is 14.6 Å². The Balaban J connectivity index is 2.13. The van der Waals surface area contributed by atoms with Gasteiger partial charge < -0.3 is 0 Å². The number of aromatic nitrogens is 2. The molecule has 0 N–H and O–H groups in total. The predicted molar refractivity (Wildman–Crippen MR) is 69.1 cm³/mol. The second-order valence-electron chi connectivity index (χ2n) is 3.90. The quantitative estimate of drug-likeness (QED) is 0.626. The van der Waals surface area contributed by atoms with Crippen LogP contribution in [0.4, 0.5) is 0 Å². The number of pyridine rings is 1. The zero-order valence-electron chi connectivity index (χ0n) is 10.1. The standard InChI is InChI=1S/C13H12N2O2S/c1-8-13(15-9(2)18-8)12(17)7-11(16)10-3-5-14-6-4-10/h3-6H,7H2,1-2H3. The highest BCUT2D eigenvalue weighted by atomic mass is 32.1. The number of carbonyl (C=O) groups is 2. The van der Waals surface area contributed by atoms with Gasteiger partial charge in [-0.2, -0.15) is 0 Å². The summed E-state index contributed by atoms with van der Waals surface area (Å²) in [6, 6.07) is 3.21. The van der Waals surface area contributed by atoms with E-state index in [-0.39, 0.29) is 18.0 Å². The number of hydrogen-bond donors (Lipinski definition) is 0. The van der Waals surface area contributed by atoms with E-state index >= 15 is 0 Å². The highest BCUT2D eigenvalue weighted by Crippen LogP contribution is 2.18. The minimum absolute atomic E-state index is 0.145. The van der Waals surface area contributed by atoms with E-state index in [0.29, 0.717) is 11.3 Å². The first-order valence-electron chi connectivity index (χ1n) is 5.48. The predicted octanol–water partition coefficient (Wildman–Crippen LogP) is 2.61. The molecule has 92 valence electrons. The fourth-order valence-corrected chi connectivity index (χ4v) is 2.49. The number of hydrogen-bond acceptors (Lipinski definition) is 5. The molecule has 0 amide bonds. The van der Waals surface area contributed by atoms with Gasteiger partial charge in [-0.1, -0.05) is 0 Å². The van der Waals surface area contributed by atoms with Crippen molar-refractivity contribution in [3.05, 3.63) is 45.7 Å². The lowest BCUT2D eigenvalue weighted by Gasteiger charge is -1.99. The van der Waals surface area contributed by atoms with Crippen molar-refractivity contribution in [1.82, 2.24) is 9.97 Å². The largest absolute Gasteiger partial charge is 0.294 e. The smallest absolute Gasteiger partial charge is 0.190 e. The average molecular weight is 260 g/mol. The highest BCUT2D eigenvalue weighted by Gasteiger charge is 2.18. The van der Waals surface area contributed by atoms with Crippen LogP contribution in [0.15, 0.2) is 24.5 Å². The molecule has 0 saturated carbocycles. The van der Waals surface area contributed by atoms with Crippen LogP contribution in [-0.2, 0) is 0 Å². The van der Waals surface area contributed by atoms with Crippen molar-refractivity contribution < 1.29 is 9.59 Å². The molecule has 0 bridgehead atoms. The Morgan fingerprint density at radius 1 is 1.17 bits per heavy atom. The van der Waals surface area contributed by atoms with E-state index in [0.717, 1.165) is 9.88 Å². The van der Waals surface area contributed by atoms with Gasteiger partial charge in [0.05, 0.1) is 11.4 Å². The molecule has 2 aromatic heterocycles. The van der Waals surface area contributed by atoms with Gasteiger partial charge in [-0.25, -0.2) is 4.98 Å². The molecule has 0 aliphatic carbocycles. The molecule has 0 aliphatic rings. The van der Waals surface area contributed by atoms with Crippen molar-refractivity contribution in [1.29, 1.82) is 0 Å². The highest BCUT2D eigenvalue weighted by molar-refractivity contribution is 7.11. The molecule has 0 aromatic carbocycles. The SMILES string of the molecule is Cc1nc(C(=O)CC(=O)c2ccncc2)c(C)s1. The minimum atomic E-state index is -0.223. The molecular weight excluding hydrogens is 248 g/mol. The minimum Gasteiger partial charge on any atom is -0.294 e. The Morgan fingerprint density at radius 2 is 1.83 bits per heavy atom. The summed E-state index contributed by atoms with van der Waals surface area (Å²) in [6.07, 6.45) is 2.93. The van der Waals surface area contributed by atoms with Gasteiger partial charge in [0.15, 0.2) is 11.6 Å². The van der Waals surface area contributed by atoms with Crippen LogP contribution in [0.25, 0.3) is 0 Å². The van der Waals surface area contributed by atoms with Gasteiger partial charge in [-0.05, 0) is 26.0 Å². The van der Waals surface area contributed by atoms with Crippen molar-refractivity contribution in [2.75, 3.05) is 0 Å². The van der Waals surface area contributed by atoms with E-state index in [1.165, 1.54) is 23.7 Å². The Labute approximate surface area is 109 Å². The molecule has 0 atom stereocenters. The zero-order chi connectivity index (χ0) is 13.1. The number of Topliss-reactive ketones (excluding diaryl/α,β-unsaturated/α-hetero) is 2. The molecule has 0 saturated heterocycles. The van der Waals surface area contributed by atoms with Gasteiger partial charge in [0.2, 0.25) is 0 Å². The van der Waals surface area contributed by atoms with Crippen LogP contribution in [0.1, 0.15) is 37.2 Å². The first-order chi connectivity index (χ1) is 8.58. The summed E-state index contributed by atoms with van der Waals surface area (Å²) >= 11 is 1.47. The van der Waals surface area contributed by atoms with E-state index in [1.807, 2.05) is 13.8 Å². The number of rotatable bonds is 4. The summed E-state index contributed by atoms with van der Waals surface area (Å²) in [7, 11) is 0. The fourth-order valence-electron chi connectivity index (χ4n) is 1.66. The van der Waals surface area contributed by atoms with E-state index in [4.69, 9.17) is 0 Å². The van der Waals surface area contributed by atoms with E-state index in [1.54, 1.807) is 12.1 Å². The molecule has 2 aromatic rings. The molecule has 0 radical (unpaired) electrons. The maximum Gasteiger partial charge on any atom is 0.190 e. The summed E-state index contributed by atoms with van der Waals surface area (Å²) in [5.41, 5.74) is 0.919. The van der Waals surface area contributed by atoms with Crippen molar-refractivity contribution >= 4 is 22.9 Å². The fraction of sp³-hybridized carbons (Fsp3) is 0.231. The van der Waals surface area contributed by atoms with Gasteiger partial charge in [0, 0.05) is 22.8 Å². The lowest BCUT2D eigenvalue weighted by atomic mass is 10.1. The molecule has 0 fully saturated rings. The Morgan fingerprint density at radius 3 is 2.39 bits per heavy atom. The molecule has 18 heavy (non-hydrogen) atoms. The second-order valence-corrected chi connectivity index (χ2v) is 5.30. The Kier molecular flexibility index (Phi) is 3.62. The molecule has 0 aliphatic heterocycles. The van der Waals surface area contributed by atoms with Crippen molar-refractivity contribution in [2.45, 2.75) is 20.3 Å². The first-order valence-corrected chi connectivity index (χ1v) is 6.30. The monoisotopic (exact) mass is 260 g/mol. The first kappa shape index (κ1) is 12.6. The Bertz CT molecular complexity index is 590. The number of nitrogens with zero attached hydrogens (tertiary/aromatic N) is 2. The van der Waals surface area contributed by atoms with E-state index in [2.05, 4.69) is 9.97 Å². The topological polar surface area (TPSA) is 59.9 Å². The van der Waals surface area contributed by atoms with Gasteiger partial charge in [0.1, 0.15) is 5.69 Å². The third kappa shape index (κ3) is 2.68. The van der Waals surface area contributed by atoms with Crippen LogP contribution >= 0.6 is 11.3 Å². The molecule has 2 rings (SSSR count). The van der Waals surface area contributed by atoms with Crippen molar-refractivity contribution in [3.63, 3.8) is 0 Å². The summed E-state index contributed by atoms with van der Waals surface area (Å²) in [6.45, 7) is 3.69. The molecule has 0 unspecified atom stereocenters. The lowest BCUT2D eigenvalue weighted by Crippen LogP contribution is -2.10. The normalized spacial score (nSPS) is 10.3. The van der Waals surface area contributed by atoms with Gasteiger partial charge >= 0.3 is 0 Å². The van der Waals surface area contributed by atoms with E-state index < -0.39 is 0 Å². The summed E-state index contributed by atoms with van der Waals surface area (Å²) in [5.74, 6) is -0.425. The number of aryl methyl sites for hydroxylation is 2. The summed E-state index contributed by atoms with van der Waals surface area (Å²) in [5, 5.41) is 0.840. The number of carbonyl (C=O) groups excluding carboxylic acids is 2. The summed E-state index contributed by atoms with van der Waals surface area (Å²) in [4.78, 5) is 32.7. The van der Waals surface area contributed by atoms with Crippen LogP contribution in [0.5, 0.6) is 0 Å². The maximum atomic E-state index is 12.0. The maximum absolute atomic E-state index is 12.0. The van der Waals surface area contributed by atoms with Crippen LogP contribution in [0, 0.1) is 13.8 Å². The van der Waals surface area contributed by atoms with E-state index in [9.17, 15) is 9.59 Å². The zero-order valence-corrected chi connectivity index (χ0v) is 11.0. The molecule has 5 heteroatoms. The summed E-state index contributed by atoms with van der Waals surface area (Å²) < 4.78 is 0. The molecule has 2 heterocycles. The number of thiazole rings is 1. The third-order valence-corrected chi connectivity index (χ3v) is 3.38. The number of ketones is 2. The van der Waals surface area contributed by atoms with Crippen LogP contribution < -0.4 is 0 Å². The average Bonchev–Trinajstić information content (AvgIpc) is 2.69. The van der Waals surface area contributed by atoms with Crippen LogP contribution in [0.2, 0.25) is 0 Å². The van der Waals surface area contributed by atoms with Crippen LogP contribution in [0.3, 0.4) is 0 Å². The second kappa shape index (κ2) is 5.18. The molecule has 4 nitrogen and oxygen atoms in total. The Hall–Kier alpha value is -1.88. The van der Waals surface area contributed by atoms with Crippen LogP contribution in [-0.4, -0.2) is 21.5 Å². The third-order valence-electron chi connectivity index (χ3n) is 2.49. The van der Waals surface area contributed by atoms with Gasteiger partial charge in [-0.15, -0.1) is 11.3 Å². The van der Waals surface area contributed by atoms with Crippen molar-refractivity contribution in [2.24, 2.45) is 0 Å².